The van der Waals surface area contributed by atoms with E-state index in [1.54, 1.807) is 17.2 Å². The Morgan fingerprint density at radius 1 is 1.30 bits per heavy atom. The fraction of sp³-hybridized carbons (Fsp3) is 0.278. The first-order valence-electron chi connectivity index (χ1n) is 8.39. The van der Waals surface area contributed by atoms with Crippen molar-refractivity contribution in [2.75, 3.05) is 11.4 Å². The van der Waals surface area contributed by atoms with Crippen LogP contribution in [0.5, 0.6) is 0 Å². The van der Waals surface area contributed by atoms with Crippen LogP contribution in [0.2, 0.25) is 0 Å². The molecule has 0 radical (unpaired) electrons. The highest BCUT2D eigenvalue weighted by Gasteiger charge is 2.36. The molecular formula is C18H16F3N5O. The number of carbonyl (C=O) groups excluding carboxylic acids is 1. The van der Waals surface area contributed by atoms with Crippen molar-refractivity contribution in [2.24, 2.45) is 5.73 Å². The van der Waals surface area contributed by atoms with Gasteiger partial charge in [0.2, 0.25) is 5.91 Å². The molecule has 6 nitrogen and oxygen atoms in total. The SMILES string of the molecule is NC(=O)Cc1cnn2ccc(N3C[C@@H](F)C[C@@H]3c3cc(F)ccc3F)nc12. The fourth-order valence-electron chi connectivity index (χ4n) is 3.48. The average molecular weight is 375 g/mol. The van der Waals surface area contributed by atoms with Crippen LogP contribution < -0.4 is 10.6 Å². The molecule has 0 spiro atoms. The molecule has 1 fully saturated rings. The number of alkyl halides is 1. The molecule has 0 aliphatic carbocycles. The van der Waals surface area contributed by atoms with Crippen molar-refractivity contribution in [3.63, 3.8) is 0 Å². The molecule has 2 aromatic heterocycles. The molecule has 0 bridgehead atoms. The Labute approximate surface area is 152 Å². The summed E-state index contributed by atoms with van der Waals surface area (Å²) in [7, 11) is 0. The molecule has 0 saturated carbocycles. The third kappa shape index (κ3) is 3.20. The van der Waals surface area contributed by atoms with E-state index in [0.29, 0.717) is 17.0 Å². The second-order valence-corrected chi connectivity index (χ2v) is 6.53. The standard InChI is InChI=1S/C18H16F3N5O/c19-11-1-2-14(21)13(6-11)15-7-12(20)9-25(15)17-3-4-26-18(24-17)10(8-23-26)5-16(22)27/h1-4,6,8,12,15H,5,7,9H2,(H2,22,27)/t12-,15+/m0/s1. The third-order valence-corrected chi connectivity index (χ3v) is 4.65. The number of rotatable bonds is 4. The summed E-state index contributed by atoms with van der Waals surface area (Å²) in [5.74, 6) is -1.32. The highest BCUT2D eigenvalue weighted by Crippen LogP contribution is 2.38. The van der Waals surface area contributed by atoms with Gasteiger partial charge in [0.25, 0.3) is 0 Å². The molecule has 3 heterocycles. The lowest BCUT2D eigenvalue weighted by Crippen LogP contribution is -2.25. The lowest BCUT2D eigenvalue weighted by atomic mass is 10.0. The average Bonchev–Trinajstić information content (AvgIpc) is 3.20. The van der Waals surface area contributed by atoms with Crippen LogP contribution in [0.1, 0.15) is 23.6 Å². The number of amides is 1. The van der Waals surface area contributed by atoms with Crippen molar-refractivity contribution in [3.05, 3.63) is 59.4 Å². The number of nitrogens with zero attached hydrogens (tertiary/aromatic N) is 4. The zero-order chi connectivity index (χ0) is 19.1. The zero-order valence-electron chi connectivity index (χ0n) is 14.1. The van der Waals surface area contributed by atoms with E-state index < -0.39 is 29.8 Å². The van der Waals surface area contributed by atoms with E-state index in [9.17, 15) is 18.0 Å². The van der Waals surface area contributed by atoms with Gasteiger partial charge in [0.1, 0.15) is 23.6 Å². The van der Waals surface area contributed by atoms with E-state index in [1.807, 2.05) is 0 Å². The van der Waals surface area contributed by atoms with Crippen molar-refractivity contribution in [2.45, 2.75) is 25.1 Å². The zero-order valence-corrected chi connectivity index (χ0v) is 14.1. The van der Waals surface area contributed by atoms with Gasteiger partial charge in [0.05, 0.1) is 25.2 Å². The largest absolute Gasteiger partial charge is 0.369 e. The number of nitrogens with two attached hydrogens (primary N) is 1. The maximum Gasteiger partial charge on any atom is 0.222 e. The number of primary amides is 1. The second-order valence-electron chi connectivity index (χ2n) is 6.53. The Morgan fingerprint density at radius 2 is 2.11 bits per heavy atom. The van der Waals surface area contributed by atoms with Crippen molar-refractivity contribution < 1.29 is 18.0 Å². The van der Waals surface area contributed by atoms with Gasteiger partial charge in [-0.25, -0.2) is 22.7 Å². The number of anilines is 1. The Morgan fingerprint density at radius 3 is 2.89 bits per heavy atom. The monoisotopic (exact) mass is 375 g/mol. The highest BCUT2D eigenvalue weighted by atomic mass is 19.1. The number of carbonyl (C=O) groups is 1. The van der Waals surface area contributed by atoms with Gasteiger partial charge < -0.3 is 10.6 Å². The van der Waals surface area contributed by atoms with Crippen molar-refractivity contribution >= 4 is 17.4 Å². The maximum absolute atomic E-state index is 14.2. The summed E-state index contributed by atoms with van der Waals surface area (Å²) in [5, 5.41) is 4.10. The summed E-state index contributed by atoms with van der Waals surface area (Å²) in [5.41, 5.74) is 6.27. The summed E-state index contributed by atoms with van der Waals surface area (Å²) in [4.78, 5) is 17.3. The van der Waals surface area contributed by atoms with Crippen LogP contribution in [0.3, 0.4) is 0 Å². The summed E-state index contributed by atoms with van der Waals surface area (Å²) in [6.45, 7) is 0.00306. The van der Waals surface area contributed by atoms with Gasteiger partial charge in [-0.15, -0.1) is 0 Å². The van der Waals surface area contributed by atoms with Crippen LogP contribution in [0.15, 0.2) is 36.7 Å². The number of aromatic nitrogens is 3. The van der Waals surface area contributed by atoms with Crippen molar-refractivity contribution in [1.82, 2.24) is 14.6 Å². The van der Waals surface area contributed by atoms with E-state index in [-0.39, 0.29) is 24.9 Å². The van der Waals surface area contributed by atoms with Crippen LogP contribution in [-0.2, 0) is 11.2 Å². The number of fused-ring (bicyclic) bond motifs is 1. The number of hydrogen-bond acceptors (Lipinski definition) is 4. The third-order valence-electron chi connectivity index (χ3n) is 4.65. The fourth-order valence-corrected chi connectivity index (χ4v) is 3.48. The molecule has 1 saturated heterocycles. The summed E-state index contributed by atoms with van der Waals surface area (Å²) in [6, 6.07) is 4.08. The van der Waals surface area contributed by atoms with Crippen molar-refractivity contribution in [1.29, 1.82) is 0 Å². The lowest BCUT2D eigenvalue weighted by Gasteiger charge is -2.26. The molecule has 1 amide bonds. The minimum absolute atomic E-state index is 0.00306. The molecule has 3 aromatic rings. The molecule has 140 valence electrons. The number of hydrogen-bond donors (Lipinski definition) is 1. The first-order valence-corrected chi connectivity index (χ1v) is 8.39. The molecule has 2 N–H and O–H groups in total. The van der Waals surface area contributed by atoms with Gasteiger partial charge in [-0.2, -0.15) is 5.10 Å². The van der Waals surface area contributed by atoms with E-state index in [0.717, 1.165) is 18.2 Å². The van der Waals surface area contributed by atoms with Crippen LogP contribution in [0, 0.1) is 11.6 Å². The molecule has 2 atom stereocenters. The van der Waals surface area contributed by atoms with Gasteiger partial charge in [-0.05, 0) is 24.3 Å². The van der Waals surface area contributed by atoms with Crippen LogP contribution in [0.25, 0.3) is 5.65 Å². The first kappa shape index (κ1) is 17.3. The Kier molecular flexibility index (Phi) is 4.21. The van der Waals surface area contributed by atoms with E-state index in [1.165, 1.54) is 10.7 Å². The van der Waals surface area contributed by atoms with Gasteiger partial charge in [-0.3, -0.25) is 4.79 Å². The van der Waals surface area contributed by atoms with E-state index >= 15 is 0 Å². The molecule has 4 rings (SSSR count). The first-order chi connectivity index (χ1) is 12.9. The van der Waals surface area contributed by atoms with Gasteiger partial charge in [0, 0.05) is 23.7 Å². The van der Waals surface area contributed by atoms with Gasteiger partial charge >= 0.3 is 0 Å². The molecule has 1 aliphatic heterocycles. The summed E-state index contributed by atoms with van der Waals surface area (Å²) >= 11 is 0. The normalized spacial score (nSPS) is 19.7. The van der Waals surface area contributed by atoms with E-state index in [4.69, 9.17) is 5.73 Å². The highest BCUT2D eigenvalue weighted by molar-refractivity contribution is 5.78. The molecule has 1 aromatic carbocycles. The lowest BCUT2D eigenvalue weighted by molar-refractivity contribution is -0.117. The molecule has 27 heavy (non-hydrogen) atoms. The maximum atomic E-state index is 14.2. The van der Waals surface area contributed by atoms with Crippen molar-refractivity contribution in [3.8, 4) is 0 Å². The van der Waals surface area contributed by atoms with Gasteiger partial charge in [-0.1, -0.05) is 0 Å². The van der Waals surface area contributed by atoms with Gasteiger partial charge in [0.15, 0.2) is 5.65 Å². The second kappa shape index (κ2) is 6.57. The summed E-state index contributed by atoms with van der Waals surface area (Å²) < 4.78 is 43.5. The molecule has 1 aliphatic rings. The van der Waals surface area contributed by atoms with Crippen LogP contribution >= 0.6 is 0 Å². The minimum Gasteiger partial charge on any atom is -0.369 e. The molecule has 9 heteroatoms. The summed E-state index contributed by atoms with van der Waals surface area (Å²) in [6.07, 6.45) is 1.90. The van der Waals surface area contributed by atoms with Crippen LogP contribution in [0.4, 0.5) is 19.0 Å². The van der Waals surface area contributed by atoms with E-state index in [2.05, 4.69) is 10.1 Å². The Bertz CT molecular complexity index is 1020. The Hall–Kier alpha value is -3.10. The molecule has 0 unspecified atom stereocenters. The molecular weight excluding hydrogens is 359 g/mol. The quantitative estimate of drug-likeness (QED) is 0.759. The number of halogens is 3. The predicted octanol–water partition coefficient (Wildman–Crippen LogP) is 2.32. The minimum atomic E-state index is -1.20. The Balaban J connectivity index is 1.76. The predicted molar refractivity (Wildman–Crippen MR) is 91.8 cm³/mol. The smallest absolute Gasteiger partial charge is 0.222 e. The van der Waals surface area contributed by atoms with Crippen LogP contribution in [-0.4, -0.2) is 33.2 Å². The number of benzene rings is 1. The topological polar surface area (TPSA) is 76.5 Å².